The number of carbonyl (C=O) groups is 1. The van der Waals surface area contributed by atoms with E-state index < -0.39 is 0 Å². The number of amides is 1. The number of hydrogen-bond acceptors (Lipinski definition) is 4. The first-order chi connectivity index (χ1) is 13.2. The highest BCUT2D eigenvalue weighted by molar-refractivity contribution is 6.00. The van der Waals surface area contributed by atoms with Crippen molar-refractivity contribution >= 4 is 24.0 Å². The Balaban J connectivity index is 0.00000192. The lowest BCUT2D eigenvalue weighted by Gasteiger charge is -2.35. The molecular formula is C21H24ClN5O. The molecule has 2 aromatic heterocycles. The number of nitrogens with one attached hydrogen (secondary N) is 1. The van der Waals surface area contributed by atoms with E-state index in [2.05, 4.69) is 15.4 Å². The van der Waals surface area contributed by atoms with Gasteiger partial charge in [-0.15, -0.1) is 12.4 Å². The maximum absolute atomic E-state index is 13.2. The van der Waals surface area contributed by atoms with E-state index in [1.165, 1.54) is 12.8 Å². The molecule has 3 aromatic rings. The summed E-state index contributed by atoms with van der Waals surface area (Å²) in [6.07, 6.45) is 7.91. The summed E-state index contributed by atoms with van der Waals surface area (Å²) in [7, 11) is 1.92. The van der Waals surface area contributed by atoms with E-state index in [1.807, 2.05) is 48.3 Å². The summed E-state index contributed by atoms with van der Waals surface area (Å²) in [6, 6.07) is 13.4. The van der Waals surface area contributed by atoms with Crippen LogP contribution in [-0.4, -0.2) is 50.6 Å². The molecular weight excluding hydrogens is 374 g/mol. The molecule has 0 spiro atoms. The zero-order valence-corrected chi connectivity index (χ0v) is 16.6. The van der Waals surface area contributed by atoms with Crippen molar-refractivity contribution in [3.8, 4) is 11.3 Å². The van der Waals surface area contributed by atoms with Crippen molar-refractivity contribution in [3.05, 3.63) is 54.4 Å². The summed E-state index contributed by atoms with van der Waals surface area (Å²) in [6.45, 7) is 0. The SMILES string of the molecule is CN(C(=O)c1cnn2c(-c3ccccc3)ccnc12)C1CC2CCC(C1)N2.Cl. The fourth-order valence-corrected chi connectivity index (χ4v) is 4.57. The molecule has 2 unspecified atom stereocenters. The first kappa shape index (κ1) is 18.9. The molecule has 146 valence electrons. The van der Waals surface area contributed by atoms with E-state index in [0.29, 0.717) is 23.3 Å². The van der Waals surface area contributed by atoms with Gasteiger partial charge in [-0.3, -0.25) is 4.79 Å². The van der Waals surface area contributed by atoms with Gasteiger partial charge in [0, 0.05) is 36.9 Å². The molecule has 2 fully saturated rings. The molecule has 4 heterocycles. The van der Waals surface area contributed by atoms with Crippen molar-refractivity contribution in [2.24, 2.45) is 0 Å². The number of rotatable bonds is 3. The van der Waals surface area contributed by atoms with Crippen molar-refractivity contribution < 1.29 is 4.79 Å². The van der Waals surface area contributed by atoms with Crippen LogP contribution in [0.3, 0.4) is 0 Å². The third kappa shape index (κ3) is 3.16. The lowest BCUT2D eigenvalue weighted by molar-refractivity contribution is 0.0683. The summed E-state index contributed by atoms with van der Waals surface area (Å²) in [5.74, 6) is 0.00834. The summed E-state index contributed by atoms with van der Waals surface area (Å²) >= 11 is 0. The van der Waals surface area contributed by atoms with Crippen molar-refractivity contribution in [3.63, 3.8) is 0 Å². The maximum Gasteiger partial charge on any atom is 0.259 e. The van der Waals surface area contributed by atoms with Crippen LogP contribution in [0.1, 0.15) is 36.0 Å². The van der Waals surface area contributed by atoms with Crippen molar-refractivity contribution in [2.45, 2.75) is 43.8 Å². The van der Waals surface area contributed by atoms with Gasteiger partial charge in [-0.2, -0.15) is 5.10 Å². The average molecular weight is 398 g/mol. The first-order valence-corrected chi connectivity index (χ1v) is 9.62. The molecule has 5 rings (SSSR count). The number of carbonyl (C=O) groups excluding carboxylic acids is 1. The Morgan fingerprint density at radius 2 is 1.86 bits per heavy atom. The minimum Gasteiger partial charge on any atom is -0.338 e. The van der Waals surface area contributed by atoms with Gasteiger partial charge in [-0.25, -0.2) is 9.50 Å². The monoisotopic (exact) mass is 397 g/mol. The molecule has 6 nitrogen and oxygen atoms in total. The van der Waals surface area contributed by atoms with Gasteiger partial charge in [-0.1, -0.05) is 30.3 Å². The van der Waals surface area contributed by atoms with Gasteiger partial charge in [0.25, 0.3) is 5.91 Å². The number of aromatic nitrogens is 3. The number of benzene rings is 1. The van der Waals surface area contributed by atoms with Crippen LogP contribution in [-0.2, 0) is 0 Å². The second kappa shape index (κ2) is 7.53. The highest BCUT2D eigenvalue weighted by atomic mass is 35.5. The molecule has 28 heavy (non-hydrogen) atoms. The van der Waals surface area contributed by atoms with E-state index in [0.717, 1.165) is 24.1 Å². The Bertz CT molecular complexity index is 977. The highest BCUT2D eigenvalue weighted by Gasteiger charge is 2.37. The molecule has 7 heteroatoms. The van der Waals surface area contributed by atoms with Crippen molar-refractivity contribution in [2.75, 3.05) is 7.05 Å². The Kier molecular flexibility index (Phi) is 5.08. The molecule has 1 N–H and O–H groups in total. The van der Waals surface area contributed by atoms with Crippen molar-refractivity contribution in [1.82, 2.24) is 24.8 Å². The zero-order chi connectivity index (χ0) is 18.4. The second-order valence-electron chi connectivity index (χ2n) is 7.67. The molecule has 2 bridgehead atoms. The molecule has 0 radical (unpaired) electrons. The standard InChI is InChI=1S/C21H23N5O.ClH/c1-25(17-11-15-7-8-16(12-17)24-15)21(27)18-13-23-26-19(9-10-22-20(18)26)14-5-3-2-4-6-14;/h2-6,9-10,13,15-17,24H,7-8,11-12H2,1H3;1H. The molecule has 2 saturated heterocycles. The molecule has 1 amide bonds. The second-order valence-corrected chi connectivity index (χ2v) is 7.67. The topological polar surface area (TPSA) is 62.5 Å². The smallest absolute Gasteiger partial charge is 0.259 e. The minimum atomic E-state index is 0. The van der Waals surface area contributed by atoms with Gasteiger partial charge in [0.2, 0.25) is 0 Å². The lowest BCUT2D eigenvalue weighted by Crippen LogP contribution is -2.48. The molecule has 1 aromatic carbocycles. The average Bonchev–Trinajstić information content (AvgIpc) is 3.30. The van der Waals surface area contributed by atoms with Gasteiger partial charge < -0.3 is 10.2 Å². The van der Waals surface area contributed by atoms with Crippen LogP contribution < -0.4 is 5.32 Å². The quantitative estimate of drug-likeness (QED) is 0.737. The Morgan fingerprint density at radius 3 is 2.57 bits per heavy atom. The molecule has 2 atom stereocenters. The molecule has 0 saturated carbocycles. The molecule has 2 aliphatic heterocycles. The normalized spacial score (nSPS) is 23.4. The van der Waals surface area contributed by atoms with Crippen LogP contribution in [0, 0.1) is 0 Å². The van der Waals surface area contributed by atoms with Gasteiger partial charge in [-0.05, 0) is 31.7 Å². The van der Waals surface area contributed by atoms with E-state index in [4.69, 9.17) is 0 Å². The van der Waals surface area contributed by atoms with Crippen LogP contribution in [0.25, 0.3) is 16.9 Å². The van der Waals surface area contributed by atoms with Crippen molar-refractivity contribution in [1.29, 1.82) is 0 Å². The van der Waals surface area contributed by atoms with Crippen LogP contribution >= 0.6 is 12.4 Å². The largest absolute Gasteiger partial charge is 0.338 e. The fourth-order valence-electron chi connectivity index (χ4n) is 4.57. The van der Waals surface area contributed by atoms with Gasteiger partial charge >= 0.3 is 0 Å². The van der Waals surface area contributed by atoms with Crippen LogP contribution in [0.15, 0.2) is 48.8 Å². The van der Waals surface area contributed by atoms with Crippen LogP contribution in [0.4, 0.5) is 0 Å². The Hall–Kier alpha value is -2.44. The third-order valence-corrected chi connectivity index (χ3v) is 6.02. The van der Waals surface area contributed by atoms with Gasteiger partial charge in [0.05, 0.1) is 11.9 Å². The number of hydrogen-bond donors (Lipinski definition) is 1. The van der Waals surface area contributed by atoms with E-state index in [-0.39, 0.29) is 24.4 Å². The molecule has 2 aliphatic rings. The fraction of sp³-hybridized carbons (Fsp3) is 0.381. The van der Waals surface area contributed by atoms with E-state index in [9.17, 15) is 4.79 Å². The Morgan fingerprint density at radius 1 is 1.14 bits per heavy atom. The first-order valence-electron chi connectivity index (χ1n) is 9.62. The number of piperidine rings is 1. The number of halogens is 1. The van der Waals surface area contributed by atoms with E-state index >= 15 is 0 Å². The summed E-state index contributed by atoms with van der Waals surface area (Å²) in [4.78, 5) is 19.6. The third-order valence-electron chi connectivity index (χ3n) is 6.02. The van der Waals surface area contributed by atoms with Crippen LogP contribution in [0.2, 0.25) is 0 Å². The lowest BCUT2D eigenvalue weighted by atomic mass is 9.98. The Labute approximate surface area is 170 Å². The zero-order valence-electron chi connectivity index (χ0n) is 15.8. The van der Waals surface area contributed by atoms with E-state index in [1.54, 1.807) is 16.9 Å². The van der Waals surface area contributed by atoms with Crippen LogP contribution in [0.5, 0.6) is 0 Å². The number of fused-ring (bicyclic) bond motifs is 3. The highest BCUT2D eigenvalue weighted by Crippen LogP contribution is 2.30. The minimum absolute atomic E-state index is 0. The summed E-state index contributed by atoms with van der Waals surface area (Å²) in [5, 5.41) is 8.12. The maximum atomic E-state index is 13.2. The predicted octanol–water partition coefficient (Wildman–Crippen LogP) is 3.17. The summed E-state index contributed by atoms with van der Waals surface area (Å²) in [5.41, 5.74) is 3.17. The number of nitrogens with zero attached hydrogens (tertiary/aromatic N) is 4. The predicted molar refractivity (Wildman–Crippen MR) is 111 cm³/mol. The summed E-state index contributed by atoms with van der Waals surface area (Å²) < 4.78 is 1.77. The van der Waals surface area contributed by atoms with Gasteiger partial charge in [0.1, 0.15) is 5.56 Å². The molecule has 0 aliphatic carbocycles. The van der Waals surface area contributed by atoms with Gasteiger partial charge in [0.15, 0.2) is 5.65 Å².